The predicted molar refractivity (Wildman–Crippen MR) is 56.6 cm³/mol. The van der Waals surface area contributed by atoms with Crippen LogP contribution in [0.4, 0.5) is 0 Å². The number of hydrogen-bond acceptors (Lipinski definition) is 2. The largest absolute Gasteiger partial charge is 0.472 e. The Morgan fingerprint density at radius 1 is 1.50 bits per heavy atom. The molecule has 1 aliphatic rings. The lowest BCUT2D eigenvalue weighted by molar-refractivity contribution is 0.0727. The first-order valence-corrected chi connectivity index (χ1v) is 5.64. The number of alkyl halides is 1. The summed E-state index contributed by atoms with van der Waals surface area (Å²) < 4.78 is 4.89. The molecule has 0 atom stereocenters. The van der Waals surface area contributed by atoms with E-state index in [-0.39, 0.29) is 5.91 Å². The SMILES string of the molecule is O=C(c1ccoc1)N1CCC(Br)CC1. The lowest BCUT2D eigenvalue weighted by Crippen LogP contribution is -2.38. The average molecular weight is 258 g/mol. The molecule has 3 nitrogen and oxygen atoms in total. The Labute approximate surface area is 91.2 Å². The van der Waals surface area contributed by atoms with E-state index in [0.29, 0.717) is 10.4 Å². The number of piperidine rings is 1. The van der Waals surface area contributed by atoms with E-state index in [1.807, 2.05) is 4.90 Å². The summed E-state index contributed by atoms with van der Waals surface area (Å²) in [5, 5.41) is 0. The number of carbonyl (C=O) groups excluding carboxylic acids is 1. The van der Waals surface area contributed by atoms with Crippen molar-refractivity contribution in [1.29, 1.82) is 0 Å². The standard InChI is InChI=1S/C10H12BrNO2/c11-9-1-4-12(5-2-9)10(13)8-3-6-14-7-8/h3,6-7,9H,1-2,4-5H2. The van der Waals surface area contributed by atoms with Crippen molar-refractivity contribution in [2.45, 2.75) is 17.7 Å². The minimum absolute atomic E-state index is 0.0816. The third-order valence-corrected chi connectivity index (χ3v) is 3.40. The molecular weight excluding hydrogens is 246 g/mol. The van der Waals surface area contributed by atoms with Crippen molar-refractivity contribution in [3.8, 4) is 0 Å². The van der Waals surface area contributed by atoms with Crippen LogP contribution >= 0.6 is 15.9 Å². The first-order valence-electron chi connectivity index (χ1n) is 4.73. The van der Waals surface area contributed by atoms with Crippen LogP contribution < -0.4 is 0 Å². The van der Waals surface area contributed by atoms with Gasteiger partial charge in [0, 0.05) is 17.9 Å². The van der Waals surface area contributed by atoms with E-state index >= 15 is 0 Å². The van der Waals surface area contributed by atoms with Gasteiger partial charge in [0.05, 0.1) is 11.8 Å². The molecule has 76 valence electrons. The Balaban J connectivity index is 1.99. The molecule has 4 heteroatoms. The second kappa shape index (κ2) is 4.17. The zero-order valence-electron chi connectivity index (χ0n) is 7.78. The highest BCUT2D eigenvalue weighted by Gasteiger charge is 2.22. The quantitative estimate of drug-likeness (QED) is 0.724. The van der Waals surface area contributed by atoms with Crippen LogP contribution in [0.25, 0.3) is 0 Å². The third kappa shape index (κ3) is 2.00. The van der Waals surface area contributed by atoms with Crippen molar-refractivity contribution in [3.63, 3.8) is 0 Å². The van der Waals surface area contributed by atoms with Gasteiger partial charge in [0.25, 0.3) is 5.91 Å². The molecule has 2 heterocycles. The minimum Gasteiger partial charge on any atom is -0.472 e. The normalized spacial score (nSPS) is 18.5. The van der Waals surface area contributed by atoms with Crippen LogP contribution in [0.3, 0.4) is 0 Å². The van der Waals surface area contributed by atoms with Gasteiger partial charge in [-0.2, -0.15) is 0 Å². The van der Waals surface area contributed by atoms with Crippen molar-refractivity contribution >= 4 is 21.8 Å². The smallest absolute Gasteiger partial charge is 0.257 e. The van der Waals surface area contributed by atoms with Gasteiger partial charge in [0.15, 0.2) is 0 Å². The number of carbonyl (C=O) groups is 1. The maximum atomic E-state index is 11.8. The molecule has 2 rings (SSSR count). The summed E-state index contributed by atoms with van der Waals surface area (Å²) in [5.41, 5.74) is 0.651. The van der Waals surface area contributed by atoms with Crippen molar-refractivity contribution < 1.29 is 9.21 Å². The Morgan fingerprint density at radius 3 is 2.79 bits per heavy atom. The Bertz CT molecular complexity index is 302. The zero-order chi connectivity index (χ0) is 9.97. The van der Waals surface area contributed by atoms with E-state index in [2.05, 4.69) is 15.9 Å². The molecule has 1 aliphatic heterocycles. The first kappa shape index (κ1) is 9.77. The molecule has 1 amide bonds. The summed E-state index contributed by atoms with van der Waals surface area (Å²) in [5.74, 6) is 0.0816. The van der Waals surface area contributed by atoms with Crippen molar-refractivity contribution in [2.75, 3.05) is 13.1 Å². The number of furan rings is 1. The molecule has 1 aromatic rings. The number of rotatable bonds is 1. The summed E-state index contributed by atoms with van der Waals surface area (Å²) in [6, 6.07) is 1.71. The summed E-state index contributed by atoms with van der Waals surface area (Å²) in [6.45, 7) is 1.67. The molecule has 0 aliphatic carbocycles. The average Bonchev–Trinajstić information content (AvgIpc) is 2.71. The number of hydrogen-bond donors (Lipinski definition) is 0. The molecule has 0 spiro atoms. The first-order chi connectivity index (χ1) is 6.77. The van der Waals surface area contributed by atoms with E-state index in [1.54, 1.807) is 6.07 Å². The van der Waals surface area contributed by atoms with E-state index in [1.165, 1.54) is 12.5 Å². The van der Waals surface area contributed by atoms with E-state index in [4.69, 9.17) is 4.42 Å². The molecule has 0 saturated carbocycles. The Morgan fingerprint density at radius 2 is 2.21 bits per heavy atom. The summed E-state index contributed by atoms with van der Waals surface area (Å²) >= 11 is 3.56. The summed E-state index contributed by atoms with van der Waals surface area (Å²) in [7, 11) is 0. The number of amides is 1. The number of halogens is 1. The van der Waals surface area contributed by atoms with Gasteiger partial charge in [0.1, 0.15) is 6.26 Å². The Hall–Kier alpha value is -0.770. The molecule has 0 radical (unpaired) electrons. The number of nitrogens with zero attached hydrogens (tertiary/aromatic N) is 1. The Kier molecular flexibility index (Phi) is 2.91. The van der Waals surface area contributed by atoms with Crippen LogP contribution in [-0.4, -0.2) is 28.7 Å². The highest BCUT2D eigenvalue weighted by molar-refractivity contribution is 9.09. The monoisotopic (exact) mass is 257 g/mol. The summed E-state index contributed by atoms with van der Waals surface area (Å²) in [6.07, 6.45) is 5.10. The van der Waals surface area contributed by atoms with Gasteiger partial charge < -0.3 is 9.32 Å². The fourth-order valence-electron chi connectivity index (χ4n) is 1.62. The molecule has 1 saturated heterocycles. The van der Waals surface area contributed by atoms with Gasteiger partial charge >= 0.3 is 0 Å². The van der Waals surface area contributed by atoms with E-state index in [0.717, 1.165) is 25.9 Å². The maximum Gasteiger partial charge on any atom is 0.257 e. The van der Waals surface area contributed by atoms with Crippen LogP contribution in [0.2, 0.25) is 0 Å². The second-order valence-corrected chi connectivity index (χ2v) is 4.77. The van der Waals surface area contributed by atoms with Crippen molar-refractivity contribution in [3.05, 3.63) is 24.2 Å². The van der Waals surface area contributed by atoms with E-state index < -0.39 is 0 Å². The van der Waals surface area contributed by atoms with Crippen molar-refractivity contribution in [1.82, 2.24) is 4.90 Å². The molecule has 1 aromatic heterocycles. The fraction of sp³-hybridized carbons (Fsp3) is 0.500. The van der Waals surface area contributed by atoms with Crippen LogP contribution in [0, 0.1) is 0 Å². The van der Waals surface area contributed by atoms with Gasteiger partial charge in [0.2, 0.25) is 0 Å². The minimum atomic E-state index is 0.0816. The predicted octanol–water partition coefficient (Wildman–Crippen LogP) is 2.28. The number of likely N-dealkylation sites (tertiary alicyclic amines) is 1. The van der Waals surface area contributed by atoms with Gasteiger partial charge in [-0.05, 0) is 18.9 Å². The van der Waals surface area contributed by atoms with Gasteiger partial charge in [-0.25, -0.2) is 0 Å². The third-order valence-electron chi connectivity index (χ3n) is 2.48. The van der Waals surface area contributed by atoms with Crippen LogP contribution in [-0.2, 0) is 0 Å². The van der Waals surface area contributed by atoms with Crippen LogP contribution in [0.1, 0.15) is 23.2 Å². The topological polar surface area (TPSA) is 33.5 Å². The van der Waals surface area contributed by atoms with Gasteiger partial charge in [-0.1, -0.05) is 15.9 Å². The van der Waals surface area contributed by atoms with Crippen molar-refractivity contribution in [2.24, 2.45) is 0 Å². The van der Waals surface area contributed by atoms with Gasteiger partial charge in [-0.3, -0.25) is 4.79 Å². The molecule has 0 bridgehead atoms. The van der Waals surface area contributed by atoms with Gasteiger partial charge in [-0.15, -0.1) is 0 Å². The highest BCUT2D eigenvalue weighted by Crippen LogP contribution is 2.19. The molecular formula is C10H12BrNO2. The fourth-order valence-corrected chi connectivity index (χ4v) is 2.03. The molecule has 1 fully saturated rings. The van der Waals surface area contributed by atoms with Crippen LogP contribution in [0.15, 0.2) is 23.0 Å². The zero-order valence-corrected chi connectivity index (χ0v) is 9.37. The van der Waals surface area contributed by atoms with Crippen LogP contribution in [0.5, 0.6) is 0 Å². The highest BCUT2D eigenvalue weighted by atomic mass is 79.9. The molecule has 0 N–H and O–H groups in total. The lowest BCUT2D eigenvalue weighted by Gasteiger charge is -2.29. The summed E-state index contributed by atoms with van der Waals surface area (Å²) in [4.78, 5) is 14.3. The second-order valence-electron chi connectivity index (χ2n) is 3.48. The molecule has 0 aromatic carbocycles. The maximum absolute atomic E-state index is 11.8. The molecule has 0 unspecified atom stereocenters. The van der Waals surface area contributed by atoms with E-state index in [9.17, 15) is 4.79 Å². The molecule has 14 heavy (non-hydrogen) atoms. The lowest BCUT2D eigenvalue weighted by atomic mass is 10.1.